The minimum Gasteiger partial charge on any atom is -0.466 e. The van der Waals surface area contributed by atoms with E-state index in [0.29, 0.717) is 6.61 Å². The fraction of sp³-hybridized carbons (Fsp3) is 0.864. The number of carbonyl (C=O) groups is 1. The van der Waals surface area contributed by atoms with Crippen LogP contribution in [0, 0.1) is 5.41 Å². The topological polar surface area (TPSA) is 26.3 Å². The van der Waals surface area contributed by atoms with E-state index in [1.807, 2.05) is 20.8 Å². The van der Waals surface area contributed by atoms with Gasteiger partial charge in [0.2, 0.25) is 0 Å². The number of carbonyl (C=O) groups excluding carboxylic acids is 1. The Labute approximate surface area is 151 Å². The summed E-state index contributed by atoms with van der Waals surface area (Å²) in [6.45, 7) is 8.61. The maximum Gasteiger partial charge on any atom is 0.311 e. The lowest BCUT2D eigenvalue weighted by Gasteiger charge is -2.21. The Morgan fingerprint density at radius 2 is 1.29 bits per heavy atom. The van der Waals surface area contributed by atoms with E-state index in [2.05, 4.69) is 19.1 Å². The van der Waals surface area contributed by atoms with Crippen LogP contribution in [0.3, 0.4) is 0 Å². The molecule has 2 nitrogen and oxygen atoms in total. The minimum absolute atomic E-state index is 0.0531. The highest BCUT2D eigenvalue weighted by molar-refractivity contribution is 5.75. The summed E-state index contributed by atoms with van der Waals surface area (Å²) in [4.78, 5) is 11.8. The second-order valence-electron chi connectivity index (χ2n) is 7.59. The lowest BCUT2D eigenvalue weighted by atomic mass is 9.87. The maximum absolute atomic E-state index is 11.8. The summed E-state index contributed by atoms with van der Waals surface area (Å²) in [6.07, 6.45) is 21.3. The van der Waals surface area contributed by atoms with Crippen molar-refractivity contribution < 1.29 is 9.53 Å². The van der Waals surface area contributed by atoms with Crippen molar-refractivity contribution in [3.63, 3.8) is 0 Å². The van der Waals surface area contributed by atoms with Crippen LogP contribution in [0.5, 0.6) is 0 Å². The molecule has 0 rings (SSSR count). The molecule has 2 heteroatoms. The number of rotatable bonds is 16. The van der Waals surface area contributed by atoms with E-state index in [1.165, 1.54) is 70.6 Å². The van der Waals surface area contributed by atoms with Crippen molar-refractivity contribution in [1.29, 1.82) is 0 Å². The fourth-order valence-electron chi connectivity index (χ4n) is 2.89. The van der Waals surface area contributed by atoms with E-state index in [4.69, 9.17) is 4.74 Å². The molecule has 0 aliphatic heterocycles. The monoisotopic (exact) mass is 338 g/mol. The van der Waals surface area contributed by atoms with E-state index >= 15 is 0 Å². The average molecular weight is 339 g/mol. The van der Waals surface area contributed by atoms with Gasteiger partial charge < -0.3 is 4.74 Å². The molecule has 0 fully saturated rings. The highest BCUT2D eigenvalue weighted by Crippen LogP contribution is 2.25. The summed E-state index contributed by atoms with van der Waals surface area (Å²) >= 11 is 0. The van der Waals surface area contributed by atoms with Crippen molar-refractivity contribution in [2.45, 2.75) is 111 Å². The molecule has 0 heterocycles. The molecule has 0 aliphatic carbocycles. The first-order valence-corrected chi connectivity index (χ1v) is 10.4. The first-order valence-electron chi connectivity index (χ1n) is 10.4. The number of unbranched alkanes of at least 4 members (excludes halogenated alkanes) is 10. The van der Waals surface area contributed by atoms with Crippen molar-refractivity contribution in [2.75, 3.05) is 6.61 Å². The van der Waals surface area contributed by atoms with Crippen LogP contribution in [0.2, 0.25) is 0 Å². The second kappa shape index (κ2) is 15.7. The molecular formula is C22H42O2. The van der Waals surface area contributed by atoms with Crippen molar-refractivity contribution in [3.8, 4) is 0 Å². The van der Waals surface area contributed by atoms with Gasteiger partial charge in [-0.2, -0.15) is 0 Å². The normalized spacial score (nSPS) is 12.0. The smallest absolute Gasteiger partial charge is 0.311 e. The summed E-state index contributed by atoms with van der Waals surface area (Å²) < 4.78 is 5.13. The molecule has 0 amide bonds. The third kappa shape index (κ3) is 13.6. The van der Waals surface area contributed by atoms with Gasteiger partial charge in [0.1, 0.15) is 0 Å². The molecule has 0 saturated carbocycles. The van der Waals surface area contributed by atoms with Crippen molar-refractivity contribution in [2.24, 2.45) is 5.41 Å². The Bertz CT molecular complexity index is 318. The first-order chi connectivity index (χ1) is 11.5. The Morgan fingerprint density at radius 3 is 1.83 bits per heavy atom. The molecular weight excluding hydrogens is 296 g/mol. The van der Waals surface area contributed by atoms with Gasteiger partial charge in [0.05, 0.1) is 12.0 Å². The Kier molecular flexibility index (Phi) is 15.2. The van der Waals surface area contributed by atoms with Gasteiger partial charge in [0, 0.05) is 0 Å². The van der Waals surface area contributed by atoms with Gasteiger partial charge >= 0.3 is 5.97 Å². The summed E-state index contributed by atoms with van der Waals surface area (Å²) in [7, 11) is 0. The van der Waals surface area contributed by atoms with Crippen molar-refractivity contribution >= 4 is 5.97 Å². The molecule has 0 N–H and O–H groups in total. The lowest BCUT2D eigenvalue weighted by molar-refractivity contribution is -0.153. The summed E-state index contributed by atoms with van der Waals surface area (Å²) in [5.74, 6) is -0.0531. The molecule has 0 spiro atoms. The highest BCUT2D eigenvalue weighted by atomic mass is 16.5. The van der Waals surface area contributed by atoms with Crippen molar-refractivity contribution in [1.82, 2.24) is 0 Å². The van der Waals surface area contributed by atoms with Gasteiger partial charge in [-0.1, -0.05) is 70.4 Å². The molecule has 0 aromatic heterocycles. The van der Waals surface area contributed by atoms with Crippen LogP contribution in [0.1, 0.15) is 111 Å². The summed E-state index contributed by atoms with van der Waals surface area (Å²) in [6, 6.07) is 0. The molecule has 0 aromatic carbocycles. The minimum atomic E-state index is -0.326. The summed E-state index contributed by atoms with van der Waals surface area (Å²) in [5, 5.41) is 0. The lowest BCUT2D eigenvalue weighted by Crippen LogP contribution is -2.26. The van der Waals surface area contributed by atoms with Crippen LogP contribution < -0.4 is 0 Å². The molecule has 0 radical (unpaired) electrons. The number of allylic oxidation sites excluding steroid dienone is 2. The van der Waals surface area contributed by atoms with Gasteiger partial charge in [-0.3, -0.25) is 4.79 Å². The van der Waals surface area contributed by atoms with Gasteiger partial charge in [-0.25, -0.2) is 0 Å². The molecule has 24 heavy (non-hydrogen) atoms. The summed E-state index contributed by atoms with van der Waals surface area (Å²) in [5.41, 5.74) is -0.326. The molecule has 0 unspecified atom stereocenters. The largest absolute Gasteiger partial charge is 0.466 e. The fourth-order valence-corrected chi connectivity index (χ4v) is 2.89. The molecule has 0 aliphatic rings. The standard InChI is InChI=1S/C22H42O2/c1-5-7-8-9-10-11-12-13-14-15-16-17-18-19-20-22(3,4)21(23)24-6-2/h13-14H,5-12,15-20H2,1-4H3. The Balaban J connectivity index is 3.41. The SMILES string of the molecule is CCCCCCCCC=CCCCCCCC(C)(C)C(=O)OCC. The van der Waals surface area contributed by atoms with E-state index < -0.39 is 0 Å². The highest BCUT2D eigenvalue weighted by Gasteiger charge is 2.28. The van der Waals surface area contributed by atoms with E-state index in [-0.39, 0.29) is 11.4 Å². The Morgan fingerprint density at radius 1 is 0.792 bits per heavy atom. The van der Waals surface area contributed by atoms with Crippen molar-refractivity contribution in [3.05, 3.63) is 12.2 Å². The van der Waals surface area contributed by atoms with Crippen LogP contribution in [-0.4, -0.2) is 12.6 Å². The zero-order valence-corrected chi connectivity index (χ0v) is 16.9. The van der Waals surface area contributed by atoms with Crippen LogP contribution >= 0.6 is 0 Å². The predicted octanol–water partition coefficient (Wildman–Crippen LogP) is 7.22. The second-order valence-corrected chi connectivity index (χ2v) is 7.59. The zero-order valence-electron chi connectivity index (χ0n) is 16.9. The van der Waals surface area contributed by atoms with Gasteiger partial charge in [0.25, 0.3) is 0 Å². The van der Waals surface area contributed by atoms with Crippen LogP contribution in [0.25, 0.3) is 0 Å². The molecule has 142 valence electrons. The predicted molar refractivity (Wildman–Crippen MR) is 105 cm³/mol. The third-order valence-electron chi connectivity index (χ3n) is 4.64. The number of hydrogen-bond donors (Lipinski definition) is 0. The molecule has 0 atom stereocenters. The molecule has 0 bridgehead atoms. The maximum atomic E-state index is 11.8. The Hall–Kier alpha value is -0.790. The number of hydrogen-bond acceptors (Lipinski definition) is 2. The first kappa shape index (κ1) is 23.2. The molecule has 0 aromatic rings. The van der Waals surface area contributed by atoms with E-state index in [1.54, 1.807) is 0 Å². The number of ether oxygens (including phenoxy) is 1. The van der Waals surface area contributed by atoms with Crippen LogP contribution in [-0.2, 0) is 9.53 Å². The third-order valence-corrected chi connectivity index (χ3v) is 4.64. The average Bonchev–Trinajstić information content (AvgIpc) is 2.55. The zero-order chi connectivity index (χ0) is 18.1. The molecule has 0 saturated heterocycles. The van der Waals surface area contributed by atoms with Gasteiger partial charge in [-0.15, -0.1) is 0 Å². The van der Waals surface area contributed by atoms with E-state index in [9.17, 15) is 4.79 Å². The van der Waals surface area contributed by atoms with Gasteiger partial charge in [0.15, 0.2) is 0 Å². The number of esters is 1. The van der Waals surface area contributed by atoms with Gasteiger partial charge in [-0.05, 0) is 52.9 Å². The quantitative estimate of drug-likeness (QED) is 0.169. The van der Waals surface area contributed by atoms with E-state index in [0.717, 1.165) is 12.8 Å². The van der Waals surface area contributed by atoms with Crippen LogP contribution in [0.15, 0.2) is 12.2 Å². The van der Waals surface area contributed by atoms with Crippen LogP contribution in [0.4, 0.5) is 0 Å².